The van der Waals surface area contributed by atoms with Gasteiger partial charge in [-0.3, -0.25) is 0 Å². The number of ether oxygens (including phenoxy) is 2. The summed E-state index contributed by atoms with van der Waals surface area (Å²) in [6, 6.07) is 0. The number of hydrogen-bond acceptors (Lipinski definition) is 5. The van der Waals surface area contributed by atoms with Crippen molar-refractivity contribution in [1.29, 1.82) is 0 Å². The first-order valence-electron chi connectivity index (χ1n) is 12.9. The van der Waals surface area contributed by atoms with E-state index in [4.69, 9.17) is 14.6 Å². The molecule has 0 aromatic carbocycles. The second-order valence-corrected chi connectivity index (χ2v) is 8.49. The molecule has 1 atom stereocenters. The van der Waals surface area contributed by atoms with Crippen molar-refractivity contribution in [3.63, 3.8) is 0 Å². The van der Waals surface area contributed by atoms with Gasteiger partial charge in [-0.2, -0.15) is 0 Å². The van der Waals surface area contributed by atoms with Gasteiger partial charge < -0.3 is 19.9 Å². The quantitative estimate of drug-likeness (QED) is 0.139. The van der Waals surface area contributed by atoms with E-state index in [0.717, 1.165) is 57.9 Å². The van der Waals surface area contributed by atoms with Crippen molar-refractivity contribution in [3.05, 3.63) is 0 Å². The average molecular weight is 430 g/mol. The Morgan fingerprint density at radius 1 is 0.733 bits per heavy atom. The van der Waals surface area contributed by atoms with E-state index in [-0.39, 0.29) is 12.7 Å². The maximum Gasteiger partial charge on any atom is 0.508 e. The number of carbonyl (C=O) groups excluding carboxylic acids is 1. The summed E-state index contributed by atoms with van der Waals surface area (Å²) in [5.74, 6) is 0. The molecule has 0 aromatic heterocycles. The number of unbranched alkanes of at least 4 members (excludes halogenated alkanes) is 12. The van der Waals surface area contributed by atoms with Crippen molar-refractivity contribution < 1.29 is 19.4 Å². The number of rotatable bonds is 23. The molecule has 0 aliphatic carbocycles. The molecule has 0 rings (SSSR count). The molecule has 180 valence electrons. The van der Waals surface area contributed by atoms with Gasteiger partial charge >= 0.3 is 6.16 Å². The maximum atomic E-state index is 12.1. The topological polar surface area (TPSA) is 67.8 Å². The third-order valence-corrected chi connectivity index (χ3v) is 5.53. The minimum absolute atomic E-state index is 0.0203. The Balaban J connectivity index is 3.83. The second-order valence-electron chi connectivity index (χ2n) is 8.49. The van der Waals surface area contributed by atoms with Gasteiger partial charge in [0, 0.05) is 6.54 Å². The number of carbonyl (C=O) groups is 1. The van der Waals surface area contributed by atoms with Crippen LogP contribution in [0.4, 0.5) is 4.79 Å². The van der Waals surface area contributed by atoms with Crippen molar-refractivity contribution in [2.24, 2.45) is 0 Å². The lowest BCUT2D eigenvalue weighted by Gasteiger charge is -2.18. The molecule has 0 saturated heterocycles. The first-order valence-corrected chi connectivity index (χ1v) is 12.9. The zero-order valence-electron chi connectivity index (χ0n) is 20.1. The molecular formula is C25H51NO4. The fourth-order valence-electron chi connectivity index (χ4n) is 3.63. The van der Waals surface area contributed by atoms with E-state index < -0.39 is 6.16 Å². The first kappa shape index (κ1) is 29.2. The van der Waals surface area contributed by atoms with Gasteiger partial charge in [0.05, 0.1) is 13.2 Å². The van der Waals surface area contributed by atoms with Crippen LogP contribution in [0, 0.1) is 0 Å². The Bertz CT molecular complexity index is 352. The number of hydrogen-bond donors (Lipinski definition) is 2. The smallest absolute Gasteiger partial charge is 0.434 e. The van der Waals surface area contributed by atoms with E-state index in [1.807, 2.05) is 0 Å². The van der Waals surface area contributed by atoms with Gasteiger partial charge in [0.1, 0.15) is 6.10 Å². The van der Waals surface area contributed by atoms with Gasteiger partial charge in [0.25, 0.3) is 0 Å². The lowest BCUT2D eigenvalue weighted by atomic mass is 10.0. The predicted octanol–water partition coefficient (Wildman–Crippen LogP) is 6.76. The van der Waals surface area contributed by atoms with Crippen LogP contribution < -0.4 is 5.32 Å². The molecule has 0 aliphatic heterocycles. The summed E-state index contributed by atoms with van der Waals surface area (Å²) in [5, 5.41) is 11.9. The Labute approximate surface area is 186 Å². The largest absolute Gasteiger partial charge is 0.508 e. The summed E-state index contributed by atoms with van der Waals surface area (Å²) >= 11 is 0. The molecule has 30 heavy (non-hydrogen) atoms. The standard InChI is InChI=1S/C25H51NO4/c1-3-5-7-9-11-15-19-24(18-14-8-6-4-2)30-25(28)29-23-17-13-10-12-16-20-26-21-22-27/h24,26-27H,3-23H2,1-2H3. The number of nitrogens with one attached hydrogen (secondary N) is 1. The van der Waals surface area contributed by atoms with E-state index >= 15 is 0 Å². The number of aliphatic hydroxyl groups is 1. The SMILES string of the molecule is CCCCCCCCC(CCCCCC)OC(=O)OCCCCCCCNCCO. The van der Waals surface area contributed by atoms with Crippen LogP contribution in [0.15, 0.2) is 0 Å². The third-order valence-electron chi connectivity index (χ3n) is 5.53. The van der Waals surface area contributed by atoms with Crippen LogP contribution >= 0.6 is 0 Å². The van der Waals surface area contributed by atoms with E-state index in [0.29, 0.717) is 13.2 Å². The van der Waals surface area contributed by atoms with Crippen LogP contribution in [0.5, 0.6) is 0 Å². The van der Waals surface area contributed by atoms with E-state index in [1.54, 1.807) is 0 Å². The molecule has 0 radical (unpaired) electrons. The highest BCUT2D eigenvalue weighted by atomic mass is 16.7. The summed E-state index contributed by atoms with van der Waals surface area (Å²) in [7, 11) is 0. The van der Waals surface area contributed by atoms with Crippen LogP contribution in [-0.2, 0) is 9.47 Å². The molecule has 5 heteroatoms. The van der Waals surface area contributed by atoms with Gasteiger partial charge in [0.15, 0.2) is 0 Å². The van der Waals surface area contributed by atoms with Crippen molar-refractivity contribution in [1.82, 2.24) is 5.32 Å². The van der Waals surface area contributed by atoms with E-state index in [9.17, 15) is 4.79 Å². The minimum Gasteiger partial charge on any atom is -0.434 e. The summed E-state index contributed by atoms with van der Waals surface area (Å²) in [4.78, 5) is 12.1. The molecule has 0 amide bonds. The monoisotopic (exact) mass is 429 g/mol. The van der Waals surface area contributed by atoms with E-state index in [2.05, 4.69) is 19.2 Å². The van der Waals surface area contributed by atoms with Crippen LogP contribution in [0.2, 0.25) is 0 Å². The lowest BCUT2D eigenvalue weighted by Crippen LogP contribution is -2.20. The molecule has 0 saturated carbocycles. The Hall–Kier alpha value is -0.810. The highest BCUT2D eigenvalue weighted by Crippen LogP contribution is 2.17. The molecule has 0 fully saturated rings. The molecule has 5 nitrogen and oxygen atoms in total. The molecule has 0 aliphatic rings. The molecule has 0 spiro atoms. The lowest BCUT2D eigenvalue weighted by molar-refractivity contribution is 0.0154. The molecule has 1 unspecified atom stereocenters. The van der Waals surface area contributed by atoms with Crippen molar-refractivity contribution in [2.75, 3.05) is 26.3 Å². The summed E-state index contributed by atoms with van der Waals surface area (Å²) in [6.45, 7) is 6.75. The summed E-state index contributed by atoms with van der Waals surface area (Å²) < 4.78 is 11.0. The number of aliphatic hydroxyl groups excluding tert-OH is 1. The van der Waals surface area contributed by atoms with Crippen LogP contribution in [-0.4, -0.2) is 43.7 Å². The second kappa shape index (κ2) is 24.5. The Kier molecular flexibility index (Phi) is 23.8. The first-order chi connectivity index (χ1) is 14.7. The summed E-state index contributed by atoms with van der Waals surface area (Å²) in [6.07, 6.45) is 19.3. The Morgan fingerprint density at radius 3 is 1.90 bits per heavy atom. The van der Waals surface area contributed by atoms with Gasteiger partial charge in [-0.25, -0.2) is 4.79 Å². The molecule has 0 heterocycles. The third kappa shape index (κ3) is 21.9. The van der Waals surface area contributed by atoms with Gasteiger partial charge in [-0.1, -0.05) is 84.5 Å². The summed E-state index contributed by atoms with van der Waals surface area (Å²) in [5.41, 5.74) is 0. The van der Waals surface area contributed by atoms with Crippen molar-refractivity contribution in [3.8, 4) is 0 Å². The highest BCUT2D eigenvalue weighted by Gasteiger charge is 2.15. The fraction of sp³-hybridized carbons (Fsp3) is 0.960. The molecule has 2 N–H and O–H groups in total. The molecule has 0 bridgehead atoms. The average Bonchev–Trinajstić information content (AvgIpc) is 2.74. The Morgan fingerprint density at radius 2 is 1.27 bits per heavy atom. The fourth-order valence-corrected chi connectivity index (χ4v) is 3.63. The van der Waals surface area contributed by atoms with Crippen molar-refractivity contribution >= 4 is 6.16 Å². The highest BCUT2D eigenvalue weighted by molar-refractivity contribution is 5.60. The normalized spacial score (nSPS) is 12.1. The zero-order valence-corrected chi connectivity index (χ0v) is 20.1. The zero-order chi connectivity index (χ0) is 22.1. The molecule has 0 aromatic rings. The minimum atomic E-state index is -0.477. The van der Waals surface area contributed by atoms with Gasteiger partial charge in [-0.15, -0.1) is 0 Å². The molecular weight excluding hydrogens is 378 g/mol. The predicted molar refractivity (Wildman–Crippen MR) is 126 cm³/mol. The van der Waals surface area contributed by atoms with Gasteiger partial charge in [-0.05, 0) is 45.1 Å². The van der Waals surface area contributed by atoms with Crippen LogP contribution in [0.1, 0.15) is 123 Å². The van der Waals surface area contributed by atoms with Crippen molar-refractivity contribution in [2.45, 2.75) is 129 Å². The maximum absolute atomic E-state index is 12.1. The van der Waals surface area contributed by atoms with E-state index in [1.165, 1.54) is 57.8 Å². The van der Waals surface area contributed by atoms with Crippen LogP contribution in [0.3, 0.4) is 0 Å². The van der Waals surface area contributed by atoms with Crippen LogP contribution in [0.25, 0.3) is 0 Å². The van der Waals surface area contributed by atoms with Gasteiger partial charge in [0.2, 0.25) is 0 Å².